The van der Waals surface area contributed by atoms with Gasteiger partial charge >= 0.3 is 14.2 Å². The highest BCUT2D eigenvalue weighted by Crippen LogP contribution is 2.37. The molecule has 0 bridgehead atoms. The molecule has 0 aliphatic carbocycles. The number of ether oxygens (including phenoxy) is 5. The Morgan fingerprint density at radius 2 is 1.15 bits per heavy atom. The van der Waals surface area contributed by atoms with E-state index in [-0.39, 0.29) is 24.0 Å². The van der Waals surface area contributed by atoms with Crippen molar-refractivity contribution in [3.05, 3.63) is 96.1 Å². The summed E-state index contributed by atoms with van der Waals surface area (Å²) in [6.07, 6.45) is 4.89. The summed E-state index contributed by atoms with van der Waals surface area (Å²) >= 11 is 0. The lowest BCUT2D eigenvalue weighted by atomic mass is 9.76. The van der Waals surface area contributed by atoms with Crippen LogP contribution in [0.2, 0.25) is 0 Å². The molecule has 0 spiro atoms. The van der Waals surface area contributed by atoms with E-state index in [9.17, 15) is 21.9 Å². The maximum Gasteiger partial charge on any atom is 0.495 e. The Morgan fingerprint density at radius 3 is 1.61 bits per heavy atom. The third kappa shape index (κ3) is 13.4. The molecule has 0 atom stereocenters. The average molecular weight is 855 g/mol. The SMILES string of the molecule is C.C1CCOC1.CCOCOCc1cc(Oc2ccc(S(C)(=O)=O)cc2)ccc1B1OC(C)(C)C(C)(C)O1.CS(=O)(=O)c1ccc(Oc2ccc3c(c2)COB3O)cc1. The van der Waals surface area contributed by atoms with Crippen molar-refractivity contribution >= 4 is 44.8 Å². The zero-order valence-electron chi connectivity index (χ0n) is 34.1. The van der Waals surface area contributed by atoms with Gasteiger partial charge in [-0.15, -0.1) is 0 Å². The van der Waals surface area contributed by atoms with Crippen LogP contribution in [0.1, 0.15) is 66.0 Å². The fourth-order valence-corrected chi connectivity index (χ4v) is 7.09. The monoisotopic (exact) mass is 854 g/mol. The second-order valence-corrected chi connectivity index (χ2v) is 19.0. The van der Waals surface area contributed by atoms with Gasteiger partial charge in [-0.05, 0) is 142 Å². The molecule has 2 saturated heterocycles. The zero-order chi connectivity index (χ0) is 42.1. The van der Waals surface area contributed by atoms with Crippen molar-refractivity contribution in [2.45, 2.75) is 89.1 Å². The van der Waals surface area contributed by atoms with Crippen LogP contribution in [0.15, 0.2) is 94.7 Å². The van der Waals surface area contributed by atoms with E-state index in [0.717, 1.165) is 41.5 Å². The van der Waals surface area contributed by atoms with Crippen LogP contribution < -0.4 is 20.4 Å². The predicted octanol–water partition coefficient (Wildman–Crippen LogP) is 6.23. The number of sulfone groups is 2. The summed E-state index contributed by atoms with van der Waals surface area (Å²) in [5, 5.41) is 9.55. The molecule has 1 N–H and O–H groups in total. The summed E-state index contributed by atoms with van der Waals surface area (Å²) < 4.78 is 91.2. The number of hydrogen-bond donors (Lipinski definition) is 1. The van der Waals surface area contributed by atoms with Gasteiger partial charge in [0, 0.05) is 32.3 Å². The predicted molar refractivity (Wildman–Crippen MR) is 228 cm³/mol. The van der Waals surface area contributed by atoms with E-state index in [0.29, 0.717) is 42.8 Å². The molecule has 17 heteroatoms. The van der Waals surface area contributed by atoms with E-state index < -0.39 is 45.1 Å². The van der Waals surface area contributed by atoms with Gasteiger partial charge in [-0.1, -0.05) is 19.6 Å². The lowest BCUT2D eigenvalue weighted by Crippen LogP contribution is -2.41. The molecule has 3 aliphatic rings. The van der Waals surface area contributed by atoms with Gasteiger partial charge < -0.3 is 42.7 Å². The summed E-state index contributed by atoms with van der Waals surface area (Å²) in [6.45, 7) is 13.3. The fraction of sp³-hybridized carbons (Fsp3) is 0.429. The topological polar surface area (TPSA) is 162 Å². The molecule has 59 heavy (non-hydrogen) atoms. The van der Waals surface area contributed by atoms with Crippen LogP contribution in [0.25, 0.3) is 0 Å². The van der Waals surface area contributed by atoms with Crippen LogP contribution in [0.3, 0.4) is 0 Å². The minimum atomic E-state index is -3.26. The molecule has 4 aromatic rings. The van der Waals surface area contributed by atoms with Gasteiger partial charge in [0.1, 0.15) is 29.8 Å². The smallest absolute Gasteiger partial charge is 0.457 e. The van der Waals surface area contributed by atoms with Crippen molar-refractivity contribution in [3.8, 4) is 23.0 Å². The van der Waals surface area contributed by atoms with Gasteiger partial charge in [-0.2, -0.15) is 0 Å². The first-order valence-corrected chi connectivity index (χ1v) is 22.7. The maximum absolute atomic E-state index is 11.7. The molecule has 13 nitrogen and oxygen atoms in total. The van der Waals surface area contributed by atoms with Crippen LogP contribution in [-0.4, -0.2) is 86.4 Å². The second kappa shape index (κ2) is 20.7. The van der Waals surface area contributed by atoms with Gasteiger partial charge in [0.25, 0.3) is 0 Å². The molecular weight excluding hydrogens is 798 g/mol. The molecule has 0 radical (unpaired) electrons. The van der Waals surface area contributed by atoms with Crippen molar-refractivity contribution in [1.29, 1.82) is 0 Å². The zero-order valence-corrected chi connectivity index (χ0v) is 35.7. The highest BCUT2D eigenvalue weighted by molar-refractivity contribution is 7.91. The Morgan fingerprint density at radius 1 is 0.678 bits per heavy atom. The first kappa shape index (κ1) is 47.9. The second-order valence-electron chi connectivity index (χ2n) is 14.9. The molecule has 7 rings (SSSR count). The Kier molecular flexibility index (Phi) is 16.8. The number of rotatable bonds is 12. The molecular formula is C42H56B2O13S2. The molecule has 3 heterocycles. The molecule has 3 aliphatic heterocycles. The van der Waals surface area contributed by atoms with E-state index in [4.69, 9.17) is 37.6 Å². The molecule has 2 fully saturated rings. The molecule has 0 amide bonds. The molecule has 4 aromatic carbocycles. The Labute approximate surface area is 350 Å². The molecule has 0 saturated carbocycles. The van der Waals surface area contributed by atoms with Crippen molar-refractivity contribution in [2.24, 2.45) is 0 Å². The lowest BCUT2D eigenvalue weighted by molar-refractivity contribution is -0.0570. The van der Waals surface area contributed by atoms with E-state index >= 15 is 0 Å². The first-order valence-electron chi connectivity index (χ1n) is 19.0. The minimum absolute atomic E-state index is 0. The van der Waals surface area contributed by atoms with Gasteiger partial charge in [0.2, 0.25) is 0 Å². The van der Waals surface area contributed by atoms with Gasteiger partial charge in [0.15, 0.2) is 19.7 Å². The summed E-state index contributed by atoms with van der Waals surface area (Å²) in [6, 6.07) is 23.4. The Bertz CT molecular complexity index is 2170. The van der Waals surface area contributed by atoms with E-state index in [1.165, 1.54) is 43.4 Å². The van der Waals surface area contributed by atoms with Gasteiger partial charge in [0.05, 0.1) is 34.2 Å². The fourth-order valence-electron chi connectivity index (χ4n) is 5.83. The van der Waals surface area contributed by atoms with Crippen LogP contribution in [0.4, 0.5) is 0 Å². The van der Waals surface area contributed by atoms with Crippen LogP contribution >= 0.6 is 0 Å². The molecule has 320 valence electrons. The average Bonchev–Trinajstić information content (AvgIpc) is 3.91. The van der Waals surface area contributed by atoms with E-state index in [1.54, 1.807) is 42.5 Å². The number of benzene rings is 4. The standard InChI is InChI=1S/C23H31BO7S.C14H13BO5S.C4H8O.CH4/c1-7-27-16-28-15-17-14-19(29-18-8-11-20(12-9-18)32(6,25)26)10-13-21(17)24-30-22(2,3)23(4,5)31-24;1-21(17,18)13-5-2-11(3-6-13)20-12-4-7-14-10(8-12)9-19-15(14)16;1-2-4-5-3-1;/h8-14H,7,15-16H2,1-6H3;2-8,16H,9H2,1H3;1-4H2;1H4. The van der Waals surface area contributed by atoms with Gasteiger partial charge in [-0.25, -0.2) is 16.8 Å². The molecule has 0 unspecified atom stereocenters. The van der Waals surface area contributed by atoms with Crippen LogP contribution in [-0.2, 0) is 61.1 Å². The van der Waals surface area contributed by atoms with Crippen molar-refractivity contribution in [3.63, 3.8) is 0 Å². The van der Waals surface area contributed by atoms with Gasteiger partial charge in [-0.3, -0.25) is 0 Å². The summed E-state index contributed by atoms with van der Waals surface area (Å²) in [5.74, 6) is 2.27. The highest BCUT2D eigenvalue weighted by Gasteiger charge is 2.52. The molecule has 0 aromatic heterocycles. The van der Waals surface area contributed by atoms with E-state index in [1.807, 2.05) is 52.8 Å². The normalized spacial score (nSPS) is 16.5. The van der Waals surface area contributed by atoms with Crippen LogP contribution in [0, 0.1) is 0 Å². The summed E-state index contributed by atoms with van der Waals surface area (Å²) in [5.41, 5.74) is 2.42. The minimum Gasteiger partial charge on any atom is -0.457 e. The van der Waals surface area contributed by atoms with Crippen molar-refractivity contribution in [2.75, 3.05) is 39.1 Å². The lowest BCUT2D eigenvalue weighted by Gasteiger charge is -2.32. The third-order valence-corrected chi connectivity index (χ3v) is 12.1. The quantitative estimate of drug-likeness (QED) is 0.0972. The number of hydrogen-bond acceptors (Lipinski definition) is 13. The third-order valence-electron chi connectivity index (χ3n) is 9.83. The maximum atomic E-state index is 11.7. The van der Waals surface area contributed by atoms with Crippen LogP contribution in [0.5, 0.6) is 23.0 Å². The Hall–Kier alpha value is -3.77. The largest absolute Gasteiger partial charge is 0.495 e. The van der Waals surface area contributed by atoms with Crippen molar-refractivity contribution in [1.82, 2.24) is 0 Å². The first-order chi connectivity index (χ1) is 27.4. The van der Waals surface area contributed by atoms with E-state index in [2.05, 4.69) is 0 Å². The summed E-state index contributed by atoms with van der Waals surface area (Å²) in [4.78, 5) is 0.492. The summed E-state index contributed by atoms with van der Waals surface area (Å²) in [7, 11) is -7.87. The highest BCUT2D eigenvalue weighted by atomic mass is 32.2. The Balaban J connectivity index is 0.000000243. The van der Waals surface area contributed by atoms with Crippen molar-refractivity contribution < 1.29 is 59.5 Å². The number of fused-ring (bicyclic) bond motifs is 1.